The van der Waals surface area contributed by atoms with Crippen LogP contribution in [-0.4, -0.2) is 17.1 Å². The number of aryl methyl sites for hydroxylation is 1. The van der Waals surface area contributed by atoms with Crippen LogP contribution in [0, 0.1) is 6.92 Å². The predicted molar refractivity (Wildman–Crippen MR) is 82.2 cm³/mol. The molecule has 0 aliphatic carbocycles. The number of nitrogens with one attached hydrogen (secondary N) is 2. The second kappa shape index (κ2) is 5.58. The van der Waals surface area contributed by atoms with Crippen LogP contribution in [0.5, 0.6) is 5.75 Å². The van der Waals surface area contributed by atoms with Crippen molar-refractivity contribution in [3.8, 4) is 5.75 Å². The van der Waals surface area contributed by atoms with Gasteiger partial charge < -0.3 is 15.7 Å². The third-order valence-electron chi connectivity index (χ3n) is 3.86. The van der Waals surface area contributed by atoms with Crippen molar-refractivity contribution >= 4 is 11.6 Å². The van der Waals surface area contributed by atoms with E-state index in [2.05, 4.69) is 22.8 Å². The molecule has 0 bridgehead atoms. The number of anilines is 1. The molecular formula is C17H18N2O2. The third kappa shape index (κ3) is 2.90. The summed E-state index contributed by atoms with van der Waals surface area (Å²) in [6.45, 7) is 2.52. The molecule has 0 unspecified atom stereocenters. The number of hydrogen-bond donors (Lipinski definition) is 3. The molecule has 0 aromatic heterocycles. The first-order chi connectivity index (χ1) is 10.1. The van der Waals surface area contributed by atoms with Crippen LogP contribution in [0.4, 0.5) is 5.69 Å². The van der Waals surface area contributed by atoms with Crippen molar-refractivity contribution in [2.75, 3.05) is 5.32 Å². The highest BCUT2D eigenvalue weighted by molar-refractivity contribution is 5.95. The molecule has 1 atom stereocenters. The lowest BCUT2D eigenvalue weighted by atomic mass is 9.95. The summed E-state index contributed by atoms with van der Waals surface area (Å²) in [5.41, 5.74) is 3.92. The minimum absolute atomic E-state index is 0.0467. The molecule has 108 valence electrons. The summed E-state index contributed by atoms with van der Waals surface area (Å²) in [4.78, 5) is 12.3. The molecule has 3 rings (SSSR count). The molecule has 4 nitrogen and oxygen atoms in total. The largest absolute Gasteiger partial charge is 0.508 e. The Morgan fingerprint density at radius 3 is 2.76 bits per heavy atom. The van der Waals surface area contributed by atoms with Gasteiger partial charge in [-0.05, 0) is 48.2 Å². The second-order valence-electron chi connectivity index (χ2n) is 5.40. The van der Waals surface area contributed by atoms with E-state index in [1.807, 2.05) is 12.1 Å². The second-order valence-corrected chi connectivity index (χ2v) is 5.40. The molecule has 1 aliphatic heterocycles. The summed E-state index contributed by atoms with van der Waals surface area (Å²) in [5.74, 6) is 0.187. The van der Waals surface area contributed by atoms with Gasteiger partial charge in [0.25, 0.3) is 0 Å². The highest BCUT2D eigenvalue weighted by Gasteiger charge is 2.23. The Kier molecular flexibility index (Phi) is 3.62. The Balaban J connectivity index is 1.70. The molecule has 0 fully saturated rings. The van der Waals surface area contributed by atoms with Crippen molar-refractivity contribution in [1.29, 1.82) is 0 Å². The van der Waals surface area contributed by atoms with E-state index in [-0.39, 0.29) is 17.7 Å². The molecule has 1 heterocycles. The van der Waals surface area contributed by atoms with Crippen molar-refractivity contribution < 1.29 is 9.90 Å². The van der Waals surface area contributed by atoms with Gasteiger partial charge in [0.2, 0.25) is 5.91 Å². The maximum Gasteiger partial charge on any atom is 0.241 e. The fraction of sp³-hybridized carbons (Fsp3) is 0.235. The number of carbonyl (C=O) groups is 1. The minimum atomic E-state index is -0.228. The summed E-state index contributed by atoms with van der Waals surface area (Å²) >= 11 is 0. The molecular weight excluding hydrogens is 264 g/mol. The van der Waals surface area contributed by atoms with E-state index in [1.165, 1.54) is 11.1 Å². The van der Waals surface area contributed by atoms with Gasteiger partial charge in [-0.3, -0.25) is 4.79 Å². The molecule has 0 radical (unpaired) electrons. The lowest BCUT2D eigenvalue weighted by Gasteiger charge is -2.25. The molecule has 3 N–H and O–H groups in total. The first-order valence-corrected chi connectivity index (χ1v) is 7.04. The Labute approximate surface area is 123 Å². The van der Waals surface area contributed by atoms with E-state index in [0.29, 0.717) is 18.7 Å². The number of hydrogen-bond acceptors (Lipinski definition) is 3. The Morgan fingerprint density at radius 2 is 2.00 bits per heavy atom. The van der Waals surface area contributed by atoms with Crippen LogP contribution in [0.15, 0.2) is 42.5 Å². The third-order valence-corrected chi connectivity index (χ3v) is 3.86. The van der Waals surface area contributed by atoms with Crippen molar-refractivity contribution in [2.24, 2.45) is 0 Å². The lowest BCUT2D eigenvalue weighted by Crippen LogP contribution is -2.44. The van der Waals surface area contributed by atoms with Crippen molar-refractivity contribution in [3.63, 3.8) is 0 Å². The van der Waals surface area contributed by atoms with Gasteiger partial charge in [0.05, 0.1) is 6.04 Å². The number of amides is 1. The Hall–Kier alpha value is -2.33. The first-order valence-electron chi connectivity index (χ1n) is 7.04. The number of phenolic OH excluding ortho intramolecular Hbond substituents is 1. The van der Waals surface area contributed by atoms with Gasteiger partial charge in [0, 0.05) is 12.2 Å². The Bertz CT molecular complexity index is 682. The molecule has 1 aliphatic rings. The number of benzene rings is 2. The fourth-order valence-corrected chi connectivity index (χ4v) is 2.60. The zero-order valence-electron chi connectivity index (χ0n) is 11.9. The van der Waals surface area contributed by atoms with Crippen LogP contribution in [0.3, 0.4) is 0 Å². The van der Waals surface area contributed by atoms with Crippen LogP contribution >= 0.6 is 0 Å². The van der Waals surface area contributed by atoms with Gasteiger partial charge in [-0.2, -0.15) is 0 Å². The van der Waals surface area contributed by atoms with Gasteiger partial charge in [0.1, 0.15) is 5.75 Å². The van der Waals surface area contributed by atoms with Crippen LogP contribution < -0.4 is 10.6 Å². The summed E-state index contributed by atoms with van der Waals surface area (Å²) in [5, 5.41) is 15.7. The van der Waals surface area contributed by atoms with Gasteiger partial charge in [-0.1, -0.05) is 24.3 Å². The molecule has 2 aromatic carbocycles. The molecule has 21 heavy (non-hydrogen) atoms. The number of phenols is 1. The highest BCUT2D eigenvalue weighted by Crippen LogP contribution is 2.21. The maximum atomic E-state index is 12.3. The van der Waals surface area contributed by atoms with E-state index in [9.17, 15) is 9.90 Å². The zero-order valence-corrected chi connectivity index (χ0v) is 11.9. The quantitative estimate of drug-likeness (QED) is 0.741. The molecule has 1 amide bonds. The average molecular weight is 282 g/mol. The molecule has 0 saturated carbocycles. The normalized spacial score (nSPS) is 17.1. The van der Waals surface area contributed by atoms with Gasteiger partial charge >= 0.3 is 0 Å². The average Bonchev–Trinajstić information content (AvgIpc) is 2.50. The van der Waals surface area contributed by atoms with E-state index in [4.69, 9.17) is 0 Å². The molecule has 4 heteroatoms. The molecule has 2 aromatic rings. The fourth-order valence-electron chi connectivity index (χ4n) is 2.60. The van der Waals surface area contributed by atoms with Crippen LogP contribution in [-0.2, 0) is 17.8 Å². The first kappa shape index (κ1) is 13.6. The smallest absolute Gasteiger partial charge is 0.241 e. The number of rotatable bonds is 2. The van der Waals surface area contributed by atoms with Crippen LogP contribution in [0.1, 0.15) is 16.7 Å². The van der Waals surface area contributed by atoms with Gasteiger partial charge in [-0.15, -0.1) is 0 Å². The van der Waals surface area contributed by atoms with E-state index in [1.54, 1.807) is 25.1 Å². The highest BCUT2D eigenvalue weighted by atomic mass is 16.3. The number of fused-ring (bicyclic) bond motifs is 1. The zero-order chi connectivity index (χ0) is 14.8. The Morgan fingerprint density at radius 1 is 1.24 bits per heavy atom. The SMILES string of the molecule is Cc1cc(NC(=O)[C@@H]2Cc3ccccc3CN2)ccc1O. The van der Waals surface area contributed by atoms with Crippen molar-refractivity contribution in [3.05, 3.63) is 59.2 Å². The standard InChI is InChI=1S/C17H18N2O2/c1-11-8-14(6-7-16(11)20)19-17(21)15-9-12-4-2-3-5-13(12)10-18-15/h2-8,15,18,20H,9-10H2,1H3,(H,19,21)/t15-/m0/s1. The lowest BCUT2D eigenvalue weighted by molar-refractivity contribution is -0.118. The minimum Gasteiger partial charge on any atom is -0.508 e. The number of aromatic hydroxyl groups is 1. The van der Waals surface area contributed by atoms with Crippen LogP contribution in [0.2, 0.25) is 0 Å². The van der Waals surface area contributed by atoms with Crippen LogP contribution in [0.25, 0.3) is 0 Å². The number of carbonyl (C=O) groups excluding carboxylic acids is 1. The van der Waals surface area contributed by atoms with E-state index >= 15 is 0 Å². The summed E-state index contributed by atoms with van der Waals surface area (Å²) in [6.07, 6.45) is 0.694. The maximum absolute atomic E-state index is 12.3. The van der Waals surface area contributed by atoms with E-state index < -0.39 is 0 Å². The summed E-state index contributed by atoms with van der Waals surface area (Å²) < 4.78 is 0. The summed E-state index contributed by atoms with van der Waals surface area (Å²) in [6, 6.07) is 13.0. The van der Waals surface area contributed by atoms with Gasteiger partial charge in [0.15, 0.2) is 0 Å². The molecule has 0 spiro atoms. The van der Waals surface area contributed by atoms with E-state index in [0.717, 1.165) is 5.56 Å². The molecule has 0 saturated heterocycles. The van der Waals surface area contributed by atoms with Gasteiger partial charge in [-0.25, -0.2) is 0 Å². The predicted octanol–water partition coefficient (Wildman–Crippen LogP) is 2.35. The topological polar surface area (TPSA) is 61.4 Å². The monoisotopic (exact) mass is 282 g/mol. The van der Waals surface area contributed by atoms with Crippen molar-refractivity contribution in [1.82, 2.24) is 5.32 Å². The summed E-state index contributed by atoms with van der Waals surface area (Å²) in [7, 11) is 0. The van der Waals surface area contributed by atoms with Crippen molar-refractivity contribution in [2.45, 2.75) is 25.9 Å².